The summed E-state index contributed by atoms with van der Waals surface area (Å²) in [5.41, 5.74) is 2.97. The number of carbonyl (C=O) groups excluding carboxylic acids is 1. The van der Waals surface area contributed by atoms with E-state index in [2.05, 4.69) is 26.6 Å². The second-order valence-corrected chi connectivity index (χ2v) is 5.43. The molecule has 1 amide bonds. The van der Waals surface area contributed by atoms with Gasteiger partial charge in [0.05, 0.1) is 0 Å². The molecule has 4 heteroatoms. The van der Waals surface area contributed by atoms with E-state index in [1.165, 1.54) is 0 Å². The number of anilines is 2. The fourth-order valence-electron chi connectivity index (χ4n) is 1.86. The van der Waals surface area contributed by atoms with E-state index < -0.39 is 0 Å². The van der Waals surface area contributed by atoms with Crippen LogP contribution in [-0.4, -0.2) is 12.5 Å². The molecule has 0 atom stereocenters. The molecule has 0 bridgehead atoms. The zero-order valence-electron chi connectivity index (χ0n) is 11.3. The number of aryl methyl sites for hydroxylation is 1. The van der Waals surface area contributed by atoms with Crippen LogP contribution in [0.15, 0.2) is 53.0 Å². The fourth-order valence-corrected chi connectivity index (χ4v) is 2.29. The van der Waals surface area contributed by atoms with Gasteiger partial charge in [-0.3, -0.25) is 4.79 Å². The Morgan fingerprint density at radius 1 is 1.15 bits per heavy atom. The highest BCUT2D eigenvalue weighted by Crippen LogP contribution is 2.20. The molecule has 0 aromatic heterocycles. The first kappa shape index (κ1) is 14.6. The van der Waals surface area contributed by atoms with E-state index in [4.69, 9.17) is 0 Å². The summed E-state index contributed by atoms with van der Waals surface area (Å²) in [5, 5.41) is 6.13. The number of hydrogen-bond donors (Lipinski definition) is 2. The van der Waals surface area contributed by atoms with Crippen molar-refractivity contribution in [1.82, 2.24) is 0 Å². The SMILES string of the molecule is Cc1cccc(NC(=O)CCNc2ccccc2Br)c1. The summed E-state index contributed by atoms with van der Waals surface area (Å²) in [7, 11) is 0. The normalized spacial score (nSPS) is 10.1. The third kappa shape index (κ3) is 4.38. The van der Waals surface area contributed by atoms with Gasteiger partial charge in [-0.2, -0.15) is 0 Å². The summed E-state index contributed by atoms with van der Waals surface area (Å²) in [6.07, 6.45) is 0.426. The van der Waals surface area contributed by atoms with E-state index in [1.807, 2.05) is 55.5 Å². The van der Waals surface area contributed by atoms with E-state index in [9.17, 15) is 4.79 Å². The molecular formula is C16H17BrN2O. The van der Waals surface area contributed by atoms with Gasteiger partial charge in [-0.15, -0.1) is 0 Å². The Balaban J connectivity index is 1.80. The quantitative estimate of drug-likeness (QED) is 0.861. The third-order valence-corrected chi connectivity index (χ3v) is 3.53. The summed E-state index contributed by atoms with van der Waals surface area (Å²) in [5.74, 6) is 0.00940. The summed E-state index contributed by atoms with van der Waals surface area (Å²) in [4.78, 5) is 11.8. The molecule has 0 unspecified atom stereocenters. The highest BCUT2D eigenvalue weighted by molar-refractivity contribution is 9.10. The number of hydrogen-bond acceptors (Lipinski definition) is 2. The van der Waals surface area contributed by atoms with Crippen LogP contribution in [0.1, 0.15) is 12.0 Å². The Morgan fingerprint density at radius 3 is 2.70 bits per heavy atom. The van der Waals surface area contributed by atoms with Crippen LogP contribution in [0, 0.1) is 6.92 Å². The largest absolute Gasteiger partial charge is 0.384 e. The summed E-state index contributed by atoms with van der Waals surface area (Å²) in [6, 6.07) is 15.6. The summed E-state index contributed by atoms with van der Waals surface area (Å²) >= 11 is 3.46. The van der Waals surface area contributed by atoms with Crippen molar-refractivity contribution in [3.05, 3.63) is 58.6 Å². The van der Waals surface area contributed by atoms with Gasteiger partial charge in [-0.25, -0.2) is 0 Å². The Morgan fingerprint density at radius 2 is 1.95 bits per heavy atom. The highest BCUT2D eigenvalue weighted by atomic mass is 79.9. The standard InChI is InChI=1S/C16H17BrN2O/c1-12-5-4-6-13(11-12)19-16(20)9-10-18-15-8-3-2-7-14(15)17/h2-8,11,18H,9-10H2,1H3,(H,19,20). The van der Waals surface area contributed by atoms with Gasteiger partial charge in [0.25, 0.3) is 0 Å². The smallest absolute Gasteiger partial charge is 0.226 e. The van der Waals surface area contributed by atoms with Crippen molar-refractivity contribution in [2.75, 3.05) is 17.2 Å². The molecule has 0 heterocycles. The van der Waals surface area contributed by atoms with E-state index in [0.717, 1.165) is 21.4 Å². The van der Waals surface area contributed by atoms with Gasteiger partial charge in [0.1, 0.15) is 0 Å². The predicted octanol–water partition coefficient (Wildman–Crippen LogP) is 4.20. The fraction of sp³-hybridized carbons (Fsp3) is 0.188. The minimum atomic E-state index is 0.00940. The highest BCUT2D eigenvalue weighted by Gasteiger charge is 2.03. The van der Waals surface area contributed by atoms with E-state index in [0.29, 0.717) is 13.0 Å². The lowest BCUT2D eigenvalue weighted by Gasteiger charge is -2.09. The van der Waals surface area contributed by atoms with Gasteiger partial charge in [0, 0.05) is 28.8 Å². The third-order valence-electron chi connectivity index (χ3n) is 2.84. The number of amides is 1. The van der Waals surface area contributed by atoms with Crippen molar-refractivity contribution >= 4 is 33.2 Å². The van der Waals surface area contributed by atoms with E-state index >= 15 is 0 Å². The maximum atomic E-state index is 11.8. The zero-order chi connectivity index (χ0) is 14.4. The van der Waals surface area contributed by atoms with Crippen LogP contribution < -0.4 is 10.6 Å². The second-order valence-electron chi connectivity index (χ2n) is 4.57. The van der Waals surface area contributed by atoms with Crippen molar-refractivity contribution in [2.45, 2.75) is 13.3 Å². The number of halogens is 1. The van der Waals surface area contributed by atoms with Crippen LogP contribution in [-0.2, 0) is 4.79 Å². The molecule has 3 nitrogen and oxygen atoms in total. The Kier molecular flexibility index (Phi) is 5.18. The minimum absolute atomic E-state index is 0.00940. The molecule has 0 aliphatic rings. The molecule has 104 valence electrons. The lowest BCUT2D eigenvalue weighted by Crippen LogP contribution is -2.16. The predicted molar refractivity (Wildman–Crippen MR) is 87.1 cm³/mol. The minimum Gasteiger partial charge on any atom is -0.384 e. The molecule has 2 aromatic carbocycles. The van der Waals surface area contributed by atoms with Crippen LogP contribution in [0.2, 0.25) is 0 Å². The number of benzene rings is 2. The van der Waals surface area contributed by atoms with Crippen molar-refractivity contribution < 1.29 is 4.79 Å². The van der Waals surface area contributed by atoms with Gasteiger partial charge in [0.2, 0.25) is 5.91 Å². The molecule has 0 spiro atoms. The molecule has 0 aliphatic carbocycles. The molecule has 0 fully saturated rings. The van der Waals surface area contributed by atoms with E-state index in [1.54, 1.807) is 0 Å². The number of para-hydroxylation sites is 1. The first-order chi connectivity index (χ1) is 9.65. The Labute approximate surface area is 127 Å². The van der Waals surface area contributed by atoms with Crippen LogP contribution in [0.25, 0.3) is 0 Å². The molecule has 0 saturated carbocycles. The first-order valence-electron chi connectivity index (χ1n) is 6.50. The first-order valence-corrected chi connectivity index (χ1v) is 7.29. The van der Waals surface area contributed by atoms with Crippen molar-refractivity contribution in [1.29, 1.82) is 0 Å². The maximum Gasteiger partial charge on any atom is 0.226 e. The molecule has 0 saturated heterocycles. The average molecular weight is 333 g/mol. The number of nitrogens with one attached hydrogen (secondary N) is 2. The van der Waals surface area contributed by atoms with Crippen molar-refractivity contribution in [3.63, 3.8) is 0 Å². The number of carbonyl (C=O) groups is 1. The van der Waals surface area contributed by atoms with Crippen LogP contribution in [0.3, 0.4) is 0 Å². The Hall–Kier alpha value is -1.81. The maximum absolute atomic E-state index is 11.8. The summed E-state index contributed by atoms with van der Waals surface area (Å²) in [6.45, 7) is 2.60. The van der Waals surface area contributed by atoms with Crippen molar-refractivity contribution in [3.8, 4) is 0 Å². The van der Waals surface area contributed by atoms with Crippen LogP contribution >= 0.6 is 15.9 Å². The lowest BCUT2D eigenvalue weighted by molar-refractivity contribution is -0.115. The zero-order valence-corrected chi connectivity index (χ0v) is 12.9. The molecule has 2 aromatic rings. The second kappa shape index (κ2) is 7.10. The van der Waals surface area contributed by atoms with Crippen LogP contribution in [0.4, 0.5) is 11.4 Å². The molecule has 0 radical (unpaired) electrons. The van der Waals surface area contributed by atoms with Gasteiger partial charge in [-0.1, -0.05) is 24.3 Å². The molecule has 20 heavy (non-hydrogen) atoms. The van der Waals surface area contributed by atoms with Crippen LogP contribution in [0.5, 0.6) is 0 Å². The molecular weight excluding hydrogens is 316 g/mol. The van der Waals surface area contributed by atoms with Gasteiger partial charge >= 0.3 is 0 Å². The Bertz CT molecular complexity index is 599. The molecule has 2 N–H and O–H groups in total. The van der Waals surface area contributed by atoms with E-state index in [-0.39, 0.29) is 5.91 Å². The van der Waals surface area contributed by atoms with Gasteiger partial charge < -0.3 is 10.6 Å². The average Bonchev–Trinajstić information content (AvgIpc) is 2.41. The topological polar surface area (TPSA) is 41.1 Å². The van der Waals surface area contributed by atoms with Crippen molar-refractivity contribution in [2.24, 2.45) is 0 Å². The molecule has 2 rings (SSSR count). The monoisotopic (exact) mass is 332 g/mol. The van der Waals surface area contributed by atoms with Gasteiger partial charge in [0.15, 0.2) is 0 Å². The lowest BCUT2D eigenvalue weighted by atomic mass is 10.2. The van der Waals surface area contributed by atoms with Gasteiger partial charge in [-0.05, 0) is 52.7 Å². The summed E-state index contributed by atoms with van der Waals surface area (Å²) < 4.78 is 0.999. The number of rotatable bonds is 5. The molecule has 0 aliphatic heterocycles.